The van der Waals surface area contributed by atoms with Crippen molar-refractivity contribution < 1.29 is 9.80 Å². The van der Waals surface area contributed by atoms with Gasteiger partial charge in [-0.2, -0.15) is 0 Å². The van der Waals surface area contributed by atoms with Crippen LogP contribution < -0.4 is 9.80 Å². The van der Waals surface area contributed by atoms with Gasteiger partial charge in [0.05, 0.1) is 12.6 Å². The van der Waals surface area contributed by atoms with Crippen LogP contribution in [0.25, 0.3) is 6.08 Å². The Kier molecular flexibility index (Phi) is 6.84. The monoisotopic (exact) mass is 336 g/mol. The lowest BCUT2D eigenvalue weighted by Gasteiger charge is -2.33. The van der Waals surface area contributed by atoms with Gasteiger partial charge in [0, 0.05) is 6.42 Å². The van der Waals surface area contributed by atoms with Crippen molar-refractivity contribution in [2.24, 2.45) is 0 Å². The van der Waals surface area contributed by atoms with E-state index in [-0.39, 0.29) is 0 Å². The van der Waals surface area contributed by atoms with Gasteiger partial charge in [-0.1, -0.05) is 66.7 Å². The van der Waals surface area contributed by atoms with Crippen LogP contribution in [0.3, 0.4) is 0 Å². The van der Waals surface area contributed by atoms with E-state index in [4.69, 9.17) is 0 Å². The van der Waals surface area contributed by atoms with Gasteiger partial charge in [0.2, 0.25) is 0 Å². The van der Waals surface area contributed by atoms with Gasteiger partial charge in [-0.3, -0.25) is 0 Å². The van der Waals surface area contributed by atoms with Gasteiger partial charge in [0.25, 0.3) is 0 Å². The quantitative estimate of drug-likeness (QED) is 0.758. The summed E-state index contributed by atoms with van der Waals surface area (Å²) in [5.41, 5.74) is 2.78. The summed E-state index contributed by atoms with van der Waals surface area (Å²) in [4.78, 5) is 3.53. The second kappa shape index (κ2) is 9.55. The Balaban J connectivity index is 1.37. The minimum absolute atomic E-state index is 0.765. The molecule has 1 atom stereocenters. The van der Waals surface area contributed by atoms with E-state index in [2.05, 4.69) is 79.7 Å². The molecule has 132 valence electrons. The SMILES string of the molecule is C[C@H](CCc1ccccc1)[NH+]1CC[NH+](C/C=C/c2ccccc2)CC1. The summed E-state index contributed by atoms with van der Waals surface area (Å²) < 4.78 is 0. The van der Waals surface area contributed by atoms with Crippen LogP contribution in [0.4, 0.5) is 0 Å². The topological polar surface area (TPSA) is 8.88 Å². The molecular weight excluding hydrogens is 304 g/mol. The smallest absolute Gasteiger partial charge is 0.127 e. The third-order valence-corrected chi connectivity index (χ3v) is 5.52. The van der Waals surface area contributed by atoms with Gasteiger partial charge in [0.15, 0.2) is 0 Å². The summed E-state index contributed by atoms with van der Waals surface area (Å²) in [6.07, 6.45) is 7.10. The van der Waals surface area contributed by atoms with Gasteiger partial charge in [-0.25, -0.2) is 0 Å². The molecule has 0 radical (unpaired) electrons. The average molecular weight is 337 g/mol. The molecule has 1 aliphatic rings. The highest BCUT2D eigenvalue weighted by atomic mass is 15.3. The van der Waals surface area contributed by atoms with Crippen molar-refractivity contribution in [3.63, 3.8) is 0 Å². The van der Waals surface area contributed by atoms with Crippen molar-refractivity contribution in [1.29, 1.82) is 0 Å². The van der Waals surface area contributed by atoms with Crippen LogP contribution in [-0.2, 0) is 6.42 Å². The molecule has 0 bridgehead atoms. The Hall–Kier alpha value is -1.90. The fourth-order valence-corrected chi connectivity index (χ4v) is 3.78. The number of benzene rings is 2. The molecule has 2 aromatic carbocycles. The van der Waals surface area contributed by atoms with Gasteiger partial charge in [-0.15, -0.1) is 0 Å². The van der Waals surface area contributed by atoms with Crippen LogP contribution in [0.1, 0.15) is 24.5 Å². The number of piperazine rings is 1. The van der Waals surface area contributed by atoms with E-state index in [9.17, 15) is 0 Å². The molecule has 2 aromatic rings. The van der Waals surface area contributed by atoms with Gasteiger partial charge >= 0.3 is 0 Å². The largest absolute Gasteiger partial charge is 0.323 e. The minimum atomic E-state index is 0.765. The van der Waals surface area contributed by atoms with Crippen molar-refractivity contribution in [2.45, 2.75) is 25.8 Å². The number of hydrogen-bond donors (Lipinski definition) is 2. The standard InChI is InChI=1S/C23H30N2/c1-21(14-15-23-11-6-3-7-12-23)25-19-17-24(18-20-25)16-8-13-22-9-4-2-5-10-22/h2-13,21H,14-20H2,1H3/p+2/b13-8+/t21-/m1/s1. The summed E-state index contributed by atoms with van der Waals surface area (Å²) in [5, 5.41) is 0. The lowest BCUT2D eigenvalue weighted by molar-refractivity contribution is -1.02. The fourth-order valence-electron chi connectivity index (χ4n) is 3.78. The zero-order valence-corrected chi connectivity index (χ0v) is 15.5. The Morgan fingerprint density at radius 1 is 0.880 bits per heavy atom. The Morgan fingerprint density at radius 3 is 2.20 bits per heavy atom. The molecule has 2 N–H and O–H groups in total. The summed E-state index contributed by atoms with van der Waals surface area (Å²) in [7, 11) is 0. The van der Waals surface area contributed by atoms with Gasteiger partial charge < -0.3 is 9.80 Å². The molecule has 1 fully saturated rings. The molecule has 1 aliphatic heterocycles. The first-order valence-electron chi connectivity index (χ1n) is 9.75. The predicted molar refractivity (Wildman–Crippen MR) is 106 cm³/mol. The van der Waals surface area contributed by atoms with E-state index in [0.717, 1.165) is 12.6 Å². The normalized spacial score (nSPS) is 22.1. The Labute approximate surface area is 152 Å². The van der Waals surface area contributed by atoms with Crippen molar-refractivity contribution >= 4 is 6.08 Å². The van der Waals surface area contributed by atoms with Crippen molar-refractivity contribution in [2.75, 3.05) is 32.7 Å². The Bertz CT molecular complexity index is 628. The van der Waals surface area contributed by atoms with Gasteiger partial charge in [-0.05, 0) is 30.5 Å². The number of hydrogen-bond acceptors (Lipinski definition) is 0. The van der Waals surface area contributed by atoms with Crippen LogP contribution in [0, 0.1) is 0 Å². The Morgan fingerprint density at radius 2 is 1.52 bits per heavy atom. The van der Waals surface area contributed by atoms with Gasteiger partial charge in [0.1, 0.15) is 26.2 Å². The van der Waals surface area contributed by atoms with Crippen LogP contribution >= 0.6 is 0 Å². The molecule has 25 heavy (non-hydrogen) atoms. The van der Waals surface area contributed by atoms with Crippen molar-refractivity contribution in [1.82, 2.24) is 0 Å². The molecule has 2 nitrogen and oxygen atoms in total. The highest BCUT2D eigenvalue weighted by molar-refractivity contribution is 5.48. The molecule has 0 spiro atoms. The van der Waals surface area contributed by atoms with E-state index >= 15 is 0 Å². The van der Waals surface area contributed by atoms with Crippen LogP contribution in [-0.4, -0.2) is 38.8 Å². The van der Waals surface area contributed by atoms with Crippen molar-refractivity contribution in [3.8, 4) is 0 Å². The highest BCUT2D eigenvalue weighted by Gasteiger charge is 2.25. The molecule has 1 heterocycles. The average Bonchev–Trinajstić information content (AvgIpc) is 2.68. The molecule has 3 rings (SSSR count). The molecule has 0 saturated carbocycles. The minimum Gasteiger partial charge on any atom is -0.323 e. The van der Waals surface area contributed by atoms with Crippen molar-refractivity contribution in [3.05, 3.63) is 77.9 Å². The summed E-state index contributed by atoms with van der Waals surface area (Å²) >= 11 is 0. The number of aryl methyl sites for hydroxylation is 1. The first kappa shape index (κ1) is 17.9. The molecule has 0 unspecified atom stereocenters. The van der Waals surface area contributed by atoms with E-state index in [0.29, 0.717) is 0 Å². The third-order valence-electron chi connectivity index (χ3n) is 5.52. The fraction of sp³-hybridized carbons (Fsp3) is 0.391. The molecule has 2 heteroatoms. The number of rotatable bonds is 7. The molecule has 0 amide bonds. The summed E-state index contributed by atoms with van der Waals surface area (Å²) in [5.74, 6) is 0. The van der Waals surface area contributed by atoms with Crippen LogP contribution in [0.5, 0.6) is 0 Å². The second-order valence-corrected chi connectivity index (χ2v) is 7.35. The third kappa shape index (κ3) is 5.84. The van der Waals surface area contributed by atoms with E-state index in [1.165, 1.54) is 50.1 Å². The summed E-state index contributed by atoms with van der Waals surface area (Å²) in [6, 6.07) is 22.3. The maximum Gasteiger partial charge on any atom is 0.127 e. The first-order chi connectivity index (χ1) is 12.3. The van der Waals surface area contributed by atoms with E-state index < -0.39 is 0 Å². The molecule has 1 saturated heterocycles. The number of nitrogens with one attached hydrogen (secondary N) is 2. The maximum atomic E-state index is 2.43. The van der Waals surface area contributed by atoms with Crippen LogP contribution in [0.15, 0.2) is 66.7 Å². The zero-order chi connectivity index (χ0) is 17.3. The lowest BCUT2D eigenvalue weighted by Crippen LogP contribution is -3.29. The molecule has 0 aliphatic carbocycles. The van der Waals surface area contributed by atoms with E-state index in [1.807, 2.05) is 0 Å². The molecular formula is C23H32N2+2. The predicted octanol–water partition coefficient (Wildman–Crippen LogP) is 1.50. The summed E-state index contributed by atoms with van der Waals surface area (Å²) in [6.45, 7) is 8.79. The lowest BCUT2D eigenvalue weighted by atomic mass is 10.0. The first-order valence-corrected chi connectivity index (χ1v) is 9.75. The van der Waals surface area contributed by atoms with Crippen LogP contribution in [0.2, 0.25) is 0 Å². The highest BCUT2D eigenvalue weighted by Crippen LogP contribution is 2.03. The number of quaternary nitrogens is 2. The maximum absolute atomic E-state index is 2.43. The van der Waals surface area contributed by atoms with E-state index in [1.54, 1.807) is 9.80 Å². The second-order valence-electron chi connectivity index (χ2n) is 7.35. The molecule has 0 aromatic heterocycles. The zero-order valence-electron chi connectivity index (χ0n) is 15.5.